The summed E-state index contributed by atoms with van der Waals surface area (Å²) in [6, 6.07) is 7.77. The molecule has 1 atom stereocenters. The second-order valence-electron chi connectivity index (χ2n) is 4.74. The first-order valence-electron chi connectivity index (χ1n) is 6.71. The molecule has 1 aliphatic heterocycles. The smallest absolute Gasteiger partial charge is 0.251 e. The largest absolute Gasteiger partial charge is 0.492 e. The monoisotopic (exact) mass is 263 g/mol. The van der Waals surface area contributed by atoms with Crippen molar-refractivity contribution in [3.8, 4) is 5.75 Å². The number of nitrogens with zero attached hydrogens (tertiary/aromatic N) is 1. The number of ether oxygens (including phenoxy) is 1. The number of carbonyl (C=O) groups excluding carboxylic acids is 1. The summed E-state index contributed by atoms with van der Waals surface area (Å²) < 4.78 is 5.72. The molecular weight excluding hydrogens is 242 g/mol. The number of hydrogen-bond donors (Lipinski definition) is 2. The molecule has 1 heterocycles. The maximum atomic E-state index is 11.9. The van der Waals surface area contributed by atoms with Gasteiger partial charge in [-0.05, 0) is 12.5 Å². The highest BCUT2D eigenvalue weighted by atomic mass is 16.5. The van der Waals surface area contributed by atoms with Crippen molar-refractivity contribution in [2.45, 2.75) is 32.4 Å². The normalized spacial score (nSPS) is 16.9. The molecule has 1 unspecified atom stereocenters. The molecule has 1 amide bonds. The van der Waals surface area contributed by atoms with Crippen LogP contribution in [0.3, 0.4) is 0 Å². The standard InChI is InChI=1S/C14H21N3O2/c1-2-5-12(14(18)16-15)17-8-9-19-13-7-4-3-6-11(13)10-17/h3-4,6-7,12H,2,5,8-10,15H2,1H3,(H,16,18). The Balaban J connectivity index is 2.17. The number of hydrazine groups is 1. The Morgan fingerprint density at radius 2 is 2.32 bits per heavy atom. The molecule has 0 aliphatic carbocycles. The van der Waals surface area contributed by atoms with Crippen LogP contribution in [-0.4, -0.2) is 30.0 Å². The number of rotatable bonds is 4. The number of nitrogens with one attached hydrogen (secondary N) is 1. The second-order valence-corrected chi connectivity index (χ2v) is 4.74. The van der Waals surface area contributed by atoms with Crippen molar-refractivity contribution in [2.75, 3.05) is 13.2 Å². The summed E-state index contributed by atoms with van der Waals surface area (Å²) in [5.74, 6) is 6.07. The number of hydrogen-bond acceptors (Lipinski definition) is 4. The molecule has 1 aromatic carbocycles. The van der Waals surface area contributed by atoms with Crippen LogP contribution in [0, 0.1) is 0 Å². The first-order chi connectivity index (χ1) is 9.26. The fraction of sp³-hybridized carbons (Fsp3) is 0.500. The van der Waals surface area contributed by atoms with Crippen molar-refractivity contribution in [2.24, 2.45) is 5.84 Å². The van der Waals surface area contributed by atoms with Crippen LogP contribution in [0.25, 0.3) is 0 Å². The summed E-state index contributed by atoms with van der Waals surface area (Å²) >= 11 is 0. The lowest BCUT2D eigenvalue weighted by Crippen LogP contribution is -2.49. The number of carbonyl (C=O) groups is 1. The molecule has 0 saturated carbocycles. The van der Waals surface area contributed by atoms with Crippen LogP contribution in [0.15, 0.2) is 24.3 Å². The third kappa shape index (κ3) is 3.24. The van der Waals surface area contributed by atoms with Crippen LogP contribution in [-0.2, 0) is 11.3 Å². The Hall–Kier alpha value is -1.59. The van der Waals surface area contributed by atoms with E-state index in [1.807, 2.05) is 24.3 Å². The zero-order chi connectivity index (χ0) is 13.7. The summed E-state index contributed by atoms with van der Waals surface area (Å²) in [7, 11) is 0. The third-order valence-electron chi connectivity index (χ3n) is 3.43. The van der Waals surface area contributed by atoms with Crippen molar-refractivity contribution in [3.63, 3.8) is 0 Å². The zero-order valence-electron chi connectivity index (χ0n) is 11.3. The second kappa shape index (κ2) is 6.54. The number of nitrogens with two attached hydrogens (primary N) is 1. The van der Waals surface area contributed by atoms with Gasteiger partial charge in [-0.1, -0.05) is 31.5 Å². The molecule has 0 saturated heterocycles. The highest BCUT2D eigenvalue weighted by Gasteiger charge is 2.27. The molecular formula is C14H21N3O2. The molecule has 3 N–H and O–H groups in total. The van der Waals surface area contributed by atoms with Crippen LogP contribution in [0.4, 0.5) is 0 Å². The molecule has 1 aromatic rings. The van der Waals surface area contributed by atoms with Crippen molar-refractivity contribution in [1.29, 1.82) is 0 Å². The van der Waals surface area contributed by atoms with Gasteiger partial charge in [0.25, 0.3) is 5.91 Å². The maximum absolute atomic E-state index is 11.9. The summed E-state index contributed by atoms with van der Waals surface area (Å²) in [5, 5.41) is 0. The number of amides is 1. The van der Waals surface area contributed by atoms with E-state index in [1.54, 1.807) is 0 Å². The molecule has 0 aromatic heterocycles. The Labute approximate surface area is 113 Å². The molecule has 104 valence electrons. The molecule has 1 aliphatic rings. The topological polar surface area (TPSA) is 67.6 Å². The van der Waals surface area contributed by atoms with E-state index in [9.17, 15) is 4.79 Å². The lowest BCUT2D eigenvalue weighted by atomic mass is 10.1. The van der Waals surface area contributed by atoms with Gasteiger partial charge in [0.1, 0.15) is 12.4 Å². The van der Waals surface area contributed by atoms with Gasteiger partial charge in [0.2, 0.25) is 0 Å². The van der Waals surface area contributed by atoms with E-state index >= 15 is 0 Å². The minimum Gasteiger partial charge on any atom is -0.492 e. The average molecular weight is 263 g/mol. The van der Waals surface area contributed by atoms with Crippen molar-refractivity contribution >= 4 is 5.91 Å². The van der Waals surface area contributed by atoms with E-state index in [0.717, 1.165) is 30.7 Å². The van der Waals surface area contributed by atoms with Crippen LogP contribution in [0.5, 0.6) is 5.75 Å². The molecule has 5 heteroatoms. The first-order valence-corrected chi connectivity index (χ1v) is 6.71. The first kappa shape index (κ1) is 13.8. The van der Waals surface area contributed by atoms with Crippen LogP contribution in [0.2, 0.25) is 0 Å². The quantitative estimate of drug-likeness (QED) is 0.484. The summed E-state index contributed by atoms with van der Waals surface area (Å²) in [5.41, 5.74) is 3.39. The molecule has 0 bridgehead atoms. The van der Waals surface area contributed by atoms with Crippen LogP contribution in [0.1, 0.15) is 25.3 Å². The Morgan fingerprint density at radius 1 is 1.53 bits per heavy atom. The molecule has 19 heavy (non-hydrogen) atoms. The molecule has 0 spiro atoms. The van der Waals surface area contributed by atoms with Gasteiger partial charge >= 0.3 is 0 Å². The molecule has 2 rings (SSSR count). The van der Waals surface area contributed by atoms with Gasteiger partial charge in [0, 0.05) is 18.7 Å². The number of para-hydroxylation sites is 1. The van der Waals surface area contributed by atoms with E-state index in [-0.39, 0.29) is 11.9 Å². The number of benzene rings is 1. The summed E-state index contributed by atoms with van der Waals surface area (Å²) in [4.78, 5) is 14.0. The predicted octanol–water partition coefficient (Wildman–Crippen LogP) is 1.04. The van der Waals surface area contributed by atoms with Gasteiger partial charge in [-0.25, -0.2) is 5.84 Å². The average Bonchev–Trinajstić information content (AvgIpc) is 2.65. The Morgan fingerprint density at radius 3 is 3.05 bits per heavy atom. The van der Waals surface area contributed by atoms with Gasteiger partial charge in [0.05, 0.1) is 6.04 Å². The fourth-order valence-electron chi connectivity index (χ4n) is 2.46. The maximum Gasteiger partial charge on any atom is 0.251 e. The molecule has 0 radical (unpaired) electrons. The zero-order valence-corrected chi connectivity index (χ0v) is 11.3. The Bertz CT molecular complexity index is 436. The molecule has 5 nitrogen and oxygen atoms in total. The highest BCUT2D eigenvalue weighted by molar-refractivity contribution is 5.81. The van der Waals surface area contributed by atoms with Crippen LogP contribution >= 0.6 is 0 Å². The molecule has 0 fully saturated rings. The van der Waals surface area contributed by atoms with E-state index < -0.39 is 0 Å². The van der Waals surface area contributed by atoms with Gasteiger partial charge in [-0.15, -0.1) is 0 Å². The van der Waals surface area contributed by atoms with E-state index in [1.165, 1.54) is 0 Å². The summed E-state index contributed by atoms with van der Waals surface area (Å²) in [6.07, 6.45) is 1.74. The van der Waals surface area contributed by atoms with E-state index in [4.69, 9.17) is 10.6 Å². The van der Waals surface area contributed by atoms with Crippen molar-refractivity contribution in [3.05, 3.63) is 29.8 Å². The fourth-order valence-corrected chi connectivity index (χ4v) is 2.46. The minimum absolute atomic E-state index is 0.124. The SMILES string of the molecule is CCCC(C(=O)NN)N1CCOc2ccccc2C1. The number of fused-ring (bicyclic) bond motifs is 1. The third-order valence-corrected chi connectivity index (χ3v) is 3.43. The van der Waals surface area contributed by atoms with Gasteiger partial charge in [0.15, 0.2) is 0 Å². The van der Waals surface area contributed by atoms with E-state index in [2.05, 4.69) is 17.2 Å². The van der Waals surface area contributed by atoms with Gasteiger partial charge in [-0.2, -0.15) is 0 Å². The van der Waals surface area contributed by atoms with Gasteiger partial charge in [-0.3, -0.25) is 15.1 Å². The Kier molecular flexibility index (Phi) is 4.76. The lowest BCUT2D eigenvalue weighted by Gasteiger charge is -2.28. The predicted molar refractivity (Wildman–Crippen MR) is 73.4 cm³/mol. The van der Waals surface area contributed by atoms with E-state index in [0.29, 0.717) is 13.2 Å². The van der Waals surface area contributed by atoms with Gasteiger partial charge < -0.3 is 4.74 Å². The minimum atomic E-state index is -0.190. The highest BCUT2D eigenvalue weighted by Crippen LogP contribution is 2.24. The van der Waals surface area contributed by atoms with Crippen LogP contribution < -0.4 is 16.0 Å². The lowest BCUT2D eigenvalue weighted by molar-refractivity contribution is -0.127. The van der Waals surface area contributed by atoms with Crippen molar-refractivity contribution < 1.29 is 9.53 Å². The van der Waals surface area contributed by atoms with Crippen molar-refractivity contribution in [1.82, 2.24) is 10.3 Å². The summed E-state index contributed by atoms with van der Waals surface area (Å²) in [6.45, 7) is 4.11.